The Morgan fingerprint density at radius 3 is 1.62 bits per heavy atom. The molecule has 0 aliphatic rings. The second-order valence-corrected chi connectivity index (χ2v) is 7.21. The maximum atomic E-state index is 13.2. The third kappa shape index (κ3) is 5.32. The van der Waals surface area contributed by atoms with Gasteiger partial charge in [-0.1, -0.05) is 92.7 Å². The molecule has 1 atom stereocenters. The molecule has 0 heterocycles. The van der Waals surface area contributed by atoms with Crippen molar-refractivity contribution in [2.45, 2.75) is 25.9 Å². The summed E-state index contributed by atoms with van der Waals surface area (Å²) in [5.74, 6) is -1.54. The maximum Gasteiger partial charge on any atom is 0.318 e. The lowest BCUT2D eigenvalue weighted by Gasteiger charge is -2.24. The van der Waals surface area contributed by atoms with Crippen molar-refractivity contribution in [3.8, 4) is 0 Å². The molecule has 0 fully saturated rings. The van der Waals surface area contributed by atoms with E-state index in [1.54, 1.807) is 12.1 Å². The zero-order chi connectivity index (χ0) is 20.6. The molecule has 0 bridgehead atoms. The number of carbonyl (C=O) groups excluding carboxylic acids is 2. The zero-order valence-electron chi connectivity index (χ0n) is 16.6. The van der Waals surface area contributed by atoms with E-state index in [9.17, 15) is 9.59 Å². The number of para-hydroxylation sites is 1. The predicted molar refractivity (Wildman–Crippen MR) is 115 cm³/mol. The monoisotopic (exact) mass is 387 g/mol. The van der Waals surface area contributed by atoms with Gasteiger partial charge in [0, 0.05) is 5.69 Å². The average molecular weight is 387 g/mol. The minimum Gasteiger partial charge on any atom is -0.451 e. The largest absolute Gasteiger partial charge is 0.451 e. The van der Waals surface area contributed by atoms with Crippen LogP contribution in [0.15, 0.2) is 91.0 Å². The molecule has 0 saturated carbocycles. The lowest BCUT2D eigenvalue weighted by atomic mass is 9.91. The van der Waals surface area contributed by atoms with E-state index in [1.165, 1.54) is 0 Å². The predicted octanol–water partition coefficient (Wildman–Crippen LogP) is 5.03. The quantitative estimate of drug-likeness (QED) is 0.579. The van der Waals surface area contributed by atoms with Gasteiger partial charge in [0.15, 0.2) is 6.10 Å². The van der Waals surface area contributed by atoms with Crippen molar-refractivity contribution in [2.24, 2.45) is 5.92 Å². The van der Waals surface area contributed by atoms with Crippen molar-refractivity contribution in [3.05, 3.63) is 102 Å². The SMILES string of the molecule is CC(C)C(OC(=O)C(c1ccccc1)c1ccccc1)C(=O)Nc1ccccc1. The van der Waals surface area contributed by atoms with Crippen molar-refractivity contribution in [1.82, 2.24) is 0 Å². The molecule has 0 spiro atoms. The van der Waals surface area contributed by atoms with Crippen LogP contribution in [0, 0.1) is 5.92 Å². The van der Waals surface area contributed by atoms with Crippen LogP contribution in [0.5, 0.6) is 0 Å². The van der Waals surface area contributed by atoms with E-state index < -0.39 is 18.0 Å². The number of benzene rings is 3. The van der Waals surface area contributed by atoms with Crippen molar-refractivity contribution in [3.63, 3.8) is 0 Å². The van der Waals surface area contributed by atoms with Crippen molar-refractivity contribution >= 4 is 17.6 Å². The Labute approximate surface area is 171 Å². The summed E-state index contributed by atoms with van der Waals surface area (Å²) in [7, 11) is 0. The van der Waals surface area contributed by atoms with Gasteiger partial charge >= 0.3 is 5.97 Å². The highest BCUT2D eigenvalue weighted by molar-refractivity contribution is 5.96. The first-order chi connectivity index (χ1) is 14.1. The molecule has 148 valence electrons. The van der Waals surface area contributed by atoms with Crippen LogP contribution in [0.2, 0.25) is 0 Å². The number of esters is 1. The first kappa shape index (κ1) is 20.3. The van der Waals surface area contributed by atoms with E-state index in [2.05, 4.69) is 5.32 Å². The highest BCUT2D eigenvalue weighted by Gasteiger charge is 2.31. The fraction of sp³-hybridized carbons (Fsp3) is 0.200. The van der Waals surface area contributed by atoms with E-state index in [-0.39, 0.29) is 11.8 Å². The van der Waals surface area contributed by atoms with Gasteiger partial charge in [0.1, 0.15) is 5.92 Å². The standard InChI is InChI=1S/C25H25NO3/c1-18(2)23(24(27)26-21-16-10-5-11-17-21)29-25(28)22(19-12-6-3-7-13-19)20-14-8-4-9-15-20/h3-18,22-23H,1-2H3,(H,26,27). The third-order valence-electron chi connectivity index (χ3n) is 4.65. The summed E-state index contributed by atoms with van der Waals surface area (Å²) in [4.78, 5) is 26.0. The molecule has 0 radical (unpaired) electrons. The van der Waals surface area contributed by atoms with Gasteiger partial charge in [0.25, 0.3) is 5.91 Å². The van der Waals surface area contributed by atoms with Crippen LogP contribution in [-0.4, -0.2) is 18.0 Å². The Balaban J connectivity index is 1.83. The number of hydrogen-bond donors (Lipinski definition) is 1. The van der Waals surface area contributed by atoms with Crippen LogP contribution in [0.25, 0.3) is 0 Å². The molecular formula is C25H25NO3. The van der Waals surface area contributed by atoms with Crippen LogP contribution < -0.4 is 5.32 Å². The van der Waals surface area contributed by atoms with Crippen LogP contribution in [0.4, 0.5) is 5.69 Å². The molecule has 3 aromatic rings. The minimum absolute atomic E-state index is 0.171. The highest BCUT2D eigenvalue weighted by atomic mass is 16.5. The number of nitrogens with one attached hydrogen (secondary N) is 1. The molecule has 4 nitrogen and oxygen atoms in total. The molecule has 4 heteroatoms. The Morgan fingerprint density at radius 1 is 0.724 bits per heavy atom. The topological polar surface area (TPSA) is 55.4 Å². The van der Waals surface area contributed by atoms with Gasteiger partial charge in [0.05, 0.1) is 0 Å². The van der Waals surface area contributed by atoms with Crippen molar-refractivity contribution in [2.75, 3.05) is 5.32 Å². The molecule has 1 amide bonds. The number of anilines is 1. The number of amides is 1. The molecule has 29 heavy (non-hydrogen) atoms. The molecule has 0 aliphatic carbocycles. The summed E-state index contributed by atoms with van der Waals surface area (Å²) in [6.07, 6.45) is -0.891. The Morgan fingerprint density at radius 2 is 1.17 bits per heavy atom. The lowest BCUT2D eigenvalue weighted by Crippen LogP contribution is -2.38. The molecule has 3 aromatic carbocycles. The first-order valence-electron chi connectivity index (χ1n) is 9.72. The first-order valence-corrected chi connectivity index (χ1v) is 9.72. The van der Waals surface area contributed by atoms with E-state index >= 15 is 0 Å². The van der Waals surface area contributed by atoms with E-state index in [4.69, 9.17) is 4.74 Å². The van der Waals surface area contributed by atoms with Crippen LogP contribution >= 0.6 is 0 Å². The Bertz CT molecular complexity index is 885. The summed E-state index contributed by atoms with van der Waals surface area (Å²) in [5.41, 5.74) is 2.33. The molecule has 0 aliphatic heterocycles. The summed E-state index contributed by atoms with van der Waals surface area (Å²) in [6, 6.07) is 28.1. The second-order valence-electron chi connectivity index (χ2n) is 7.21. The number of rotatable bonds is 7. The average Bonchev–Trinajstić information content (AvgIpc) is 2.74. The highest BCUT2D eigenvalue weighted by Crippen LogP contribution is 2.27. The summed E-state index contributed by atoms with van der Waals surface area (Å²) >= 11 is 0. The smallest absolute Gasteiger partial charge is 0.318 e. The molecule has 1 N–H and O–H groups in total. The van der Waals surface area contributed by atoms with Crippen LogP contribution in [0.3, 0.4) is 0 Å². The van der Waals surface area contributed by atoms with Gasteiger partial charge in [-0.25, -0.2) is 0 Å². The van der Waals surface area contributed by atoms with Crippen molar-refractivity contribution < 1.29 is 14.3 Å². The van der Waals surface area contributed by atoms with Gasteiger partial charge in [-0.15, -0.1) is 0 Å². The molecular weight excluding hydrogens is 362 g/mol. The number of ether oxygens (including phenoxy) is 1. The van der Waals surface area contributed by atoms with Gasteiger partial charge in [0.2, 0.25) is 0 Å². The molecule has 3 rings (SSSR count). The van der Waals surface area contributed by atoms with Gasteiger partial charge in [-0.2, -0.15) is 0 Å². The second kappa shape index (κ2) is 9.69. The normalized spacial score (nSPS) is 11.9. The summed E-state index contributed by atoms with van der Waals surface area (Å²) in [6.45, 7) is 3.73. The third-order valence-corrected chi connectivity index (χ3v) is 4.65. The number of carbonyl (C=O) groups is 2. The minimum atomic E-state index is -0.891. The van der Waals surface area contributed by atoms with Crippen molar-refractivity contribution in [1.29, 1.82) is 0 Å². The maximum absolute atomic E-state index is 13.2. The zero-order valence-corrected chi connectivity index (χ0v) is 16.6. The fourth-order valence-corrected chi connectivity index (χ4v) is 3.18. The van der Waals surface area contributed by atoms with Crippen LogP contribution in [0.1, 0.15) is 30.9 Å². The van der Waals surface area contributed by atoms with E-state index in [0.717, 1.165) is 11.1 Å². The lowest BCUT2D eigenvalue weighted by molar-refractivity contribution is -0.157. The molecule has 1 unspecified atom stereocenters. The molecule has 0 aromatic heterocycles. The van der Waals surface area contributed by atoms with Gasteiger partial charge < -0.3 is 10.1 Å². The number of hydrogen-bond acceptors (Lipinski definition) is 3. The Hall–Kier alpha value is -3.40. The van der Waals surface area contributed by atoms with Gasteiger partial charge in [-0.05, 0) is 29.2 Å². The van der Waals surface area contributed by atoms with E-state index in [0.29, 0.717) is 5.69 Å². The fourth-order valence-electron chi connectivity index (χ4n) is 3.18. The summed E-state index contributed by atoms with van der Waals surface area (Å²) in [5, 5.41) is 2.83. The van der Waals surface area contributed by atoms with Crippen LogP contribution in [-0.2, 0) is 14.3 Å². The molecule has 0 saturated heterocycles. The summed E-state index contributed by atoms with van der Waals surface area (Å²) < 4.78 is 5.77. The van der Waals surface area contributed by atoms with E-state index in [1.807, 2.05) is 92.7 Å². The Kier molecular flexibility index (Phi) is 6.80. The van der Waals surface area contributed by atoms with Gasteiger partial charge in [-0.3, -0.25) is 9.59 Å².